The summed E-state index contributed by atoms with van der Waals surface area (Å²) in [6, 6.07) is 5.32. The van der Waals surface area contributed by atoms with Crippen molar-refractivity contribution in [3.05, 3.63) is 57.9 Å². The number of carboxylic acids is 1. The van der Waals surface area contributed by atoms with Gasteiger partial charge in [0.15, 0.2) is 23.2 Å². The first kappa shape index (κ1) is 28.0. The molecular weight excluding hydrogens is 580 g/mol. The van der Waals surface area contributed by atoms with E-state index >= 15 is 8.78 Å². The number of halogens is 2. The number of anilines is 2. The molecule has 2 aliphatic heterocycles. The zero-order chi connectivity index (χ0) is 30.9. The molecule has 0 bridgehead atoms. The molecule has 14 heteroatoms. The van der Waals surface area contributed by atoms with Crippen molar-refractivity contribution in [3.8, 4) is 5.75 Å². The topological polar surface area (TPSA) is 143 Å². The van der Waals surface area contributed by atoms with Crippen LogP contribution in [0.3, 0.4) is 0 Å². The normalized spacial score (nSPS) is 24.2. The Morgan fingerprint density at radius 3 is 2.70 bits per heavy atom. The largest absolute Gasteiger partial charge is 0.487 e. The molecule has 2 aliphatic carbocycles. The third-order valence-electron chi connectivity index (χ3n) is 8.86. The minimum Gasteiger partial charge on any atom is -0.487 e. The van der Waals surface area contributed by atoms with Crippen molar-refractivity contribution in [2.24, 2.45) is 5.41 Å². The highest BCUT2D eigenvalue weighted by Crippen LogP contribution is 2.55. The van der Waals surface area contributed by atoms with E-state index in [0.29, 0.717) is 31.6 Å². The number of carbonyl (C=O) groups excluding carboxylic acids is 2. The summed E-state index contributed by atoms with van der Waals surface area (Å²) in [4.78, 5) is 55.5. The van der Waals surface area contributed by atoms with E-state index in [1.807, 2.05) is 0 Å². The summed E-state index contributed by atoms with van der Waals surface area (Å²) >= 11 is 0. The fourth-order valence-corrected chi connectivity index (χ4v) is 6.23. The second-order valence-electron chi connectivity index (χ2n) is 12.0. The first-order chi connectivity index (χ1) is 21.0. The van der Waals surface area contributed by atoms with Crippen molar-refractivity contribution in [2.75, 3.05) is 36.0 Å². The number of aromatic carboxylic acids is 1. The average Bonchev–Trinajstić information content (AvgIpc) is 3.85. The van der Waals surface area contributed by atoms with Gasteiger partial charge in [0.05, 0.1) is 24.2 Å². The van der Waals surface area contributed by atoms with Crippen LogP contribution in [0.1, 0.15) is 49.0 Å². The molecule has 0 radical (unpaired) electrons. The summed E-state index contributed by atoms with van der Waals surface area (Å²) in [7, 11) is 0. The van der Waals surface area contributed by atoms with Crippen molar-refractivity contribution in [2.45, 2.75) is 50.9 Å². The second-order valence-corrected chi connectivity index (χ2v) is 12.0. The molecule has 1 aromatic carbocycles. The maximum absolute atomic E-state index is 15.4. The molecule has 2 aromatic heterocycles. The molecule has 2 unspecified atom stereocenters. The summed E-state index contributed by atoms with van der Waals surface area (Å²) < 4.78 is 43.4. The summed E-state index contributed by atoms with van der Waals surface area (Å²) in [5, 5.41) is 12.0. The van der Waals surface area contributed by atoms with E-state index < -0.39 is 40.8 Å². The lowest BCUT2D eigenvalue weighted by Crippen LogP contribution is -2.33. The molecule has 2 amide bonds. The van der Waals surface area contributed by atoms with Gasteiger partial charge in [0, 0.05) is 43.7 Å². The lowest BCUT2D eigenvalue weighted by molar-refractivity contribution is -0.119. The summed E-state index contributed by atoms with van der Waals surface area (Å²) in [5.74, 6) is -2.84. The van der Waals surface area contributed by atoms with Crippen molar-refractivity contribution in [1.29, 1.82) is 0 Å². The van der Waals surface area contributed by atoms with E-state index in [1.54, 1.807) is 15.5 Å². The van der Waals surface area contributed by atoms with Crippen LogP contribution in [-0.2, 0) is 9.53 Å². The minimum absolute atomic E-state index is 0.00992. The van der Waals surface area contributed by atoms with Crippen LogP contribution >= 0.6 is 0 Å². The smallest absolute Gasteiger partial charge is 0.414 e. The van der Waals surface area contributed by atoms with Gasteiger partial charge in [-0.1, -0.05) is 0 Å². The molecule has 3 aromatic rings. The highest BCUT2D eigenvalue weighted by atomic mass is 19.1. The average molecular weight is 610 g/mol. The number of hydrogen-bond donors (Lipinski definition) is 2. The summed E-state index contributed by atoms with van der Waals surface area (Å²) in [6.07, 6.45) is 2.74. The fraction of sp³-hybridized carbons (Fsp3) is 0.433. The van der Waals surface area contributed by atoms with Crippen molar-refractivity contribution >= 4 is 40.5 Å². The Bertz CT molecular complexity index is 1790. The van der Waals surface area contributed by atoms with Crippen molar-refractivity contribution < 1.29 is 37.7 Å². The number of hydrogen-bond acceptors (Lipinski definition) is 8. The molecule has 1 spiro atoms. The van der Waals surface area contributed by atoms with E-state index in [-0.39, 0.29) is 59.2 Å². The number of cyclic esters (lactones) is 1. The van der Waals surface area contributed by atoms with E-state index in [0.717, 1.165) is 18.9 Å². The number of nitrogens with zero attached hydrogens (tertiary/aromatic N) is 4. The van der Waals surface area contributed by atoms with Gasteiger partial charge in [0.1, 0.15) is 23.4 Å². The molecule has 7 rings (SSSR count). The second kappa shape index (κ2) is 10.2. The number of carbonyl (C=O) groups is 3. The van der Waals surface area contributed by atoms with Crippen molar-refractivity contribution in [3.63, 3.8) is 0 Å². The first-order valence-corrected chi connectivity index (χ1v) is 14.5. The Kier molecular flexibility index (Phi) is 6.48. The molecule has 12 nitrogen and oxygen atoms in total. The van der Waals surface area contributed by atoms with Crippen LogP contribution in [0, 0.1) is 17.0 Å². The number of ether oxygens (including phenoxy) is 2. The molecule has 4 aliphatic rings. The molecule has 3 atom stereocenters. The van der Waals surface area contributed by atoms with E-state index in [4.69, 9.17) is 9.47 Å². The van der Waals surface area contributed by atoms with Gasteiger partial charge in [0.25, 0.3) is 0 Å². The minimum atomic E-state index is -1.37. The first-order valence-electron chi connectivity index (χ1n) is 14.5. The number of amides is 2. The van der Waals surface area contributed by atoms with Gasteiger partial charge in [-0.2, -0.15) is 0 Å². The summed E-state index contributed by atoms with van der Waals surface area (Å²) in [5.41, 5.74) is -0.944. The molecule has 4 fully saturated rings. The van der Waals surface area contributed by atoms with Crippen LogP contribution < -0.4 is 25.3 Å². The predicted molar refractivity (Wildman–Crippen MR) is 152 cm³/mol. The predicted octanol–water partition coefficient (Wildman–Crippen LogP) is 3.22. The lowest BCUT2D eigenvalue weighted by Gasteiger charge is -2.20. The summed E-state index contributed by atoms with van der Waals surface area (Å²) in [6.45, 7) is 2.59. The third-order valence-corrected chi connectivity index (χ3v) is 8.86. The van der Waals surface area contributed by atoms with E-state index in [9.17, 15) is 24.3 Å². The molecule has 2 saturated heterocycles. The van der Waals surface area contributed by atoms with Crippen LogP contribution in [0.25, 0.3) is 11.0 Å². The maximum atomic E-state index is 15.4. The standard InChI is InChI=1S/C30H29F2N5O7/c1-15(38)33-11-18-12-37(29(42)43-18)17-4-5-23(21(31)8-17)44-24-10-30(24)6-7-35(14-30)27-22(32)9-19-25(39)20(28(40)41)13-36(16-2-3-16)26(19)34-27/h4-5,8-9,13,16,18,24H,2-3,6-7,10-12,14H2,1H3,(H,33,38)(H,40,41)/t18-,24?,30?/m0/s1. The van der Waals surface area contributed by atoms with Crippen LogP contribution in [0.5, 0.6) is 5.75 Å². The molecule has 44 heavy (non-hydrogen) atoms. The van der Waals surface area contributed by atoms with Crippen molar-refractivity contribution in [1.82, 2.24) is 14.9 Å². The SMILES string of the molecule is CC(=O)NC[C@H]1CN(c2ccc(OC3CC34CCN(c3nc5c(cc3F)c(=O)c(C(=O)O)cn5C3CC3)C4)c(F)c2)C(=O)O1. The zero-order valence-electron chi connectivity index (χ0n) is 23.7. The van der Waals surface area contributed by atoms with Gasteiger partial charge in [-0.15, -0.1) is 0 Å². The Morgan fingerprint density at radius 1 is 1.20 bits per heavy atom. The molecular formula is C30H29F2N5O7. The Morgan fingerprint density at radius 2 is 2.00 bits per heavy atom. The van der Waals surface area contributed by atoms with Gasteiger partial charge >= 0.3 is 12.1 Å². The Labute approximate surface area is 249 Å². The zero-order valence-corrected chi connectivity index (χ0v) is 23.7. The third kappa shape index (κ3) is 4.87. The highest BCUT2D eigenvalue weighted by Gasteiger charge is 2.60. The number of aromatic nitrogens is 2. The van der Waals surface area contributed by atoms with Crippen LogP contribution in [0.15, 0.2) is 35.3 Å². The number of rotatable bonds is 8. The molecule has 2 N–H and O–H groups in total. The quantitative estimate of drug-likeness (QED) is 0.394. The van der Waals surface area contributed by atoms with Crippen LogP contribution in [-0.4, -0.2) is 71.0 Å². The molecule has 4 heterocycles. The number of pyridine rings is 2. The van der Waals surface area contributed by atoms with Gasteiger partial charge in [0.2, 0.25) is 11.3 Å². The van der Waals surface area contributed by atoms with Gasteiger partial charge < -0.3 is 29.4 Å². The lowest BCUT2D eigenvalue weighted by atomic mass is 10.1. The fourth-order valence-electron chi connectivity index (χ4n) is 6.23. The van der Waals surface area contributed by atoms with Gasteiger partial charge in [-0.25, -0.2) is 23.4 Å². The number of carboxylic acid groups (broad SMARTS) is 1. The van der Waals surface area contributed by atoms with Gasteiger partial charge in [-0.05, 0) is 43.9 Å². The molecule has 230 valence electrons. The Balaban J connectivity index is 1.05. The van der Waals surface area contributed by atoms with Crippen LogP contribution in [0.4, 0.5) is 25.1 Å². The number of nitrogens with one attached hydrogen (secondary N) is 1. The highest BCUT2D eigenvalue weighted by molar-refractivity contribution is 5.92. The van der Waals surface area contributed by atoms with E-state index in [1.165, 1.54) is 30.2 Å². The monoisotopic (exact) mass is 609 g/mol. The maximum Gasteiger partial charge on any atom is 0.414 e. The van der Waals surface area contributed by atoms with Crippen LogP contribution in [0.2, 0.25) is 0 Å². The van der Waals surface area contributed by atoms with Gasteiger partial charge in [-0.3, -0.25) is 14.5 Å². The van der Waals surface area contributed by atoms with E-state index in [2.05, 4.69) is 10.3 Å². The molecule has 2 saturated carbocycles. The Hall–Kier alpha value is -4.75. The number of benzene rings is 1. The number of fused-ring (bicyclic) bond motifs is 1.